The number of nitriles is 1. The van der Waals surface area contributed by atoms with Crippen LogP contribution in [0, 0.1) is 11.3 Å². The molecule has 8 heteroatoms. The van der Waals surface area contributed by atoms with E-state index in [1.807, 2.05) is 36.4 Å². The van der Waals surface area contributed by atoms with Crippen LogP contribution in [0.5, 0.6) is 0 Å². The number of rotatable bonds is 3. The van der Waals surface area contributed by atoms with Crippen LogP contribution in [0.2, 0.25) is 0 Å². The van der Waals surface area contributed by atoms with Crippen molar-refractivity contribution in [1.82, 2.24) is 6.15 Å². The number of benzene rings is 2. The molecule has 2 aromatic rings. The van der Waals surface area contributed by atoms with Crippen molar-refractivity contribution in [2.24, 2.45) is 0 Å². The number of carbonyl (C=O) groups excluding carboxylic acids is 1. The molecule has 25 heavy (non-hydrogen) atoms. The number of quaternary nitrogens is 1. The number of hydrogen-bond donors (Lipinski definition) is 2. The van der Waals surface area contributed by atoms with E-state index in [2.05, 4.69) is 0 Å². The summed E-state index contributed by atoms with van der Waals surface area (Å²) in [6.45, 7) is 0.219. The molecule has 0 aromatic heterocycles. The first-order chi connectivity index (χ1) is 11.4. The van der Waals surface area contributed by atoms with Crippen LogP contribution < -0.4 is 11.1 Å². The molecule has 3 rings (SSSR count). The summed E-state index contributed by atoms with van der Waals surface area (Å²) in [5.74, 6) is -0.434. The fraction of sp³-hybridized carbons (Fsp3) is 0.0588. The van der Waals surface area contributed by atoms with Gasteiger partial charge in [-0.15, -0.1) is 0 Å². The maximum atomic E-state index is 12.5. The van der Waals surface area contributed by atoms with Gasteiger partial charge in [-0.05, 0) is 29.8 Å². The van der Waals surface area contributed by atoms with Gasteiger partial charge in [0.05, 0.1) is 11.4 Å². The fourth-order valence-electron chi connectivity index (χ4n) is 2.57. The highest BCUT2D eigenvalue weighted by molar-refractivity contribution is 7.85. The van der Waals surface area contributed by atoms with Crippen molar-refractivity contribution in [3.8, 4) is 6.07 Å². The van der Waals surface area contributed by atoms with Gasteiger partial charge in [0.1, 0.15) is 11.6 Å². The van der Waals surface area contributed by atoms with Crippen molar-refractivity contribution >= 4 is 27.3 Å². The number of hydrogen-bond acceptors (Lipinski definition) is 4. The maximum Gasteiger partial charge on any atom is 0.294 e. The van der Waals surface area contributed by atoms with Crippen molar-refractivity contribution in [3.63, 3.8) is 0 Å². The molecule has 0 fully saturated rings. The van der Waals surface area contributed by atoms with Gasteiger partial charge in [-0.3, -0.25) is 9.35 Å². The Morgan fingerprint density at radius 2 is 1.64 bits per heavy atom. The Hall–Kier alpha value is -2.99. The average molecular weight is 358 g/mol. The van der Waals surface area contributed by atoms with E-state index in [0.29, 0.717) is 11.3 Å². The quantitative estimate of drug-likeness (QED) is 0.813. The van der Waals surface area contributed by atoms with E-state index >= 15 is 0 Å². The standard InChI is InChI=1S/C17H12N2O4S.H3N/c18-10-15-16(12-4-2-1-3-5-12)11-19(17(15)20)13-6-8-14(9-7-13)24(21,22)23;/h1-9H,11H2,(H,21,22,23);1H3/p+1. The minimum absolute atomic E-state index is 0. The summed E-state index contributed by atoms with van der Waals surface area (Å²) < 4.78 is 31.2. The topological polar surface area (TPSA) is 135 Å². The van der Waals surface area contributed by atoms with Crippen LogP contribution in [0.15, 0.2) is 65.1 Å². The Labute approximate surface area is 145 Å². The van der Waals surface area contributed by atoms with E-state index in [9.17, 15) is 18.5 Å². The van der Waals surface area contributed by atoms with Crippen LogP contribution in [-0.2, 0) is 14.9 Å². The molecule has 1 heterocycles. The summed E-state index contributed by atoms with van der Waals surface area (Å²) in [6.07, 6.45) is 0. The lowest BCUT2D eigenvalue weighted by Crippen LogP contribution is -2.26. The summed E-state index contributed by atoms with van der Waals surface area (Å²) in [5, 5.41) is 9.32. The predicted molar refractivity (Wildman–Crippen MR) is 93.6 cm³/mol. The van der Waals surface area contributed by atoms with Crippen molar-refractivity contribution in [2.45, 2.75) is 4.90 Å². The second-order valence-corrected chi connectivity index (χ2v) is 6.61. The molecule has 2 aromatic carbocycles. The lowest BCUT2D eigenvalue weighted by molar-refractivity contribution is -0.114. The minimum atomic E-state index is -4.29. The molecular weight excluding hydrogens is 342 g/mol. The van der Waals surface area contributed by atoms with Gasteiger partial charge in [0.15, 0.2) is 0 Å². The summed E-state index contributed by atoms with van der Waals surface area (Å²) >= 11 is 0. The molecular formula is C17H16N3O4S+. The third-order valence-corrected chi connectivity index (χ3v) is 4.63. The Bertz CT molecular complexity index is 975. The third kappa shape index (κ3) is 3.44. The van der Waals surface area contributed by atoms with Crippen molar-refractivity contribution in [1.29, 1.82) is 5.26 Å². The summed E-state index contributed by atoms with van der Waals surface area (Å²) in [4.78, 5) is 13.6. The van der Waals surface area contributed by atoms with E-state index in [1.165, 1.54) is 29.2 Å². The highest BCUT2D eigenvalue weighted by Gasteiger charge is 2.32. The Kier molecular flexibility index (Phi) is 5.04. The Morgan fingerprint density at radius 3 is 2.16 bits per heavy atom. The van der Waals surface area contributed by atoms with Gasteiger partial charge in [-0.25, -0.2) is 0 Å². The molecule has 1 aliphatic rings. The molecule has 0 radical (unpaired) electrons. The van der Waals surface area contributed by atoms with Gasteiger partial charge >= 0.3 is 0 Å². The first-order valence-electron chi connectivity index (χ1n) is 7.00. The van der Waals surface area contributed by atoms with Gasteiger partial charge in [-0.2, -0.15) is 13.7 Å². The van der Waals surface area contributed by atoms with Crippen molar-refractivity contribution < 1.29 is 17.8 Å². The zero-order valence-corrected chi connectivity index (χ0v) is 14.2. The van der Waals surface area contributed by atoms with E-state index in [-0.39, 0.29) is 23.2 Å². The van der Waals surface area contributed by atoms with Crippen LogP contribution in [0.3, 0.4) is 0 Å². The van der Waals surface area contributed by atoms with Crippen molar-refractivity contribution in [2.75, 3.05) is 11.4 Å². The summed E-state index contributed by atoms with van der Waals surface area (Å²) in [6, 6.07) is 16.4. The average Bonchev–Trinajstić information content (AvgIpc) is 2.91. The fourth-order valence-corrected chi connectivity index (χ4v) is 3.05. The monoisotopic (exact) mass is 358 g/mol. The molecule has 0 unspecified atom stereocenters. The molecule has 5 N–H and O–H groups in total. The smallest absolute Gasteiger partial charge is 0.294 e. The highest BCUT2D eigenvalue weighted by Crippen LogP contribution is 2.31. The number of amides is 1. The lowest BCUT2D eigenvalue weighted by Gasteiger charge is -2.17. The first-order valence-corrected chi connectivity index (χ1v) is 8.44. The molecule has 0 saturated heterocycles. The summed E-state index contributed by atoms with van der Waals surface area (Å²) in [5.41, 5.74) is 1.94. The first kappa shape index (κ1) is 18.4. The van der Waals surface area contributed by atoms with E-state index in [0.717, 1.165) is 5.56 Å². The van der Waals surface area contributed by atoms with Crippen LogP contribution in [0.1, 0.15) is 5.56 Å². The lowest BCUT2D eigenvalue weighted by atomic mass is 10.0. The Morgan fingerprint density at radius 1 is 1.04 bits per heavy atom. The zero-order valence-electron chi connectivity index (χ0n) is 13.4. The van der Waals surface area contributed by atoms with Gasteiger partial charge in [0.2, 0.25) is 0 Å². The highest BCUT2D eigenvalue weighted by atomic mass is 32.2. The summed E-state index contributed by atoms with van der Waals surface area (Å²) in [7, 11) is -4.29. The van der Waals surface area contributed by atoms with Crippen molar-refractivity contribution in [3.05, 3.63) is 65.7 Å². The molecule has 0 bridgehead atoms. The predicted octanol–water partition coefficient (Wildman–Crippen LogP) is 2.63. The third-order valence-electron chi connectivity index (χ3n) is 3.76. The molecule has 1 aliphatic heterocycles. The molecule has 7 nitrogen and oxygen atoms in total. The van der Waals surface area contributed by atoms with E-state index < -0.39 is 16.0 Å². The maximum absolute atomic E-state index is 12.5. The second-order valence-electron chi connectivity index (χ2n) is 5.19. The van der Waals surface area contributed by atoms with Gasteiger partial charge in [-0.1, -0.05) is 30.3 Å². The normalized spacial score (nSPS) is 14.2. The Balaban J connectivity index is 0.00000225. The zero-order chi connectivity index (χ0) is 17.3. The number of anilines is 1. The molecule has 0 saturated carbocycles. The molecule has 0 spiro atoms. The minimum Gasteiger partial charge on any atom is -0.369 e. The van der Waals surface area contributed by atoms with Gasteiger partial charge < -0.3 is 11.1 Å². The molecule has 0 atom stereocenters. The van der Waals surface area contributed by atoms with Gasteiger partial charge in [0, 0.05) is 11.3 Å². The number of carbonyl (C=O) groups is 1. The molecule has 1 amide bonds. The van der Waals surface area contributed by atoms with E-state index in [4.69, 9.17) is 4.55 Å². The van der Waals surface area contributed by atoms with Crippen LogP contribution >= 0.6 is 0 Å². The second kappa shape index (κ2) is 6.86. The van der Waals surface area contributed by atoms with Crippen LogP contribution in [-0.4, -0.2) is 25.4 Å². The number of nitrogens with zero attached hydrogens (tertiary/aromatic N) is 2. The SMILES string of the molecule is N#CC1=C(c2ccccc2)CN(c2ccc(S(=O)(=O)O)cc2)C1=O.[NH4+]. The molecule has 128 valence electrons. The molecule has 0 aliphatic carbocycles. The van der Waals surface area contributed by atoms with E-state index in [1.54, 1.807) is 0 Å². The van der Waals surface area contributed by atoms with Crippen LogP contribution in [0.4, 0.5) is 5.69 Å². The van der Waals surface area contributed by atoms with Crippen LogP contribution in [0.25, 0.3) is 5.57 Å². The van der Waals surface area contributed by atoms with Gasteiger partial charge in [0.25, 0.3) is 16.0 Å². The largest absolute Gasteiger partial charge is 0.369 e.